The lowest BCUT2D eigenvalue weighted by atomic mass is 10.7. The zero-order chi connectivity index (χ0) is 6.69. The molecule has 0 saturated carbocycles. The smallest absolute Gasteiger partial charge is 0.410 e. The van der Waals surface area contributed by atoms with Crippen molar-refractivity contribution in [3.8, 4) is 0 Å². The van der Waals surface area contributed by atoms with Crippen molar-refractivity contribution in [2.24, 2.45) is 0 Å². The lowest BCUT2D eigenvalue weighted by Crippen LogP contribution is -2.11. The molecule has 1 aliphatic heterocycles. The first kappa shape index (κ1) is 6.13. The van der Waals surface area contributed by atoms with Crippen molar-refractivity contribution in [2.45, 2.75) is 0 Å². The zero-order valence-electron chi connectivity index (χ0n) is 5.17. The molecule has 0 aromatic rings. The van der Waals surface area contributed by atoms with E-state index in [2.05, 4.69) is 11.3 Å². The maximum atomic E-state index is 10.6. The van der Waals surface area contributed by atoms with Gasteiger partial charge in [-0.2, -0.15) is 0 Å². The summed E-state index contributed by atoms with van der Waals surface area (Å²) in [5.74, 6) is 0. The second kappa shape index (κ2) is 2.53. The van der Waals surface area contributed by atoms with Crippen LogP contribution >= 0.6 is 0 Å². The van der Waals surface area contributed by atoms with Crippen molar-refractivity contribution in [3.05, 3.63) is 12.7 Å². The molecule has 0 unspecified atom stereocenters. The maximum Gasteiger partial charge on any atom is 0.410 e. The highest BCUT2D eigenvalue weighted by molar-refractivity contribution is 5.70. The van der Waals surface area contributed by atoms with E-state index in [-0.39, 0.29) is 6.09 Å². The first-order chi connectivity index (χ1) is 4.34. The molecule has 1 heterocycles. The van der Waals surface area contributed by atoms with Crippen molar-refractivity contribution >= 4 is 6.09 Å². The molecule has 1 aliphatic rings. The molecule has 0 radical (unpaired) electrons. The standard InChI is InChI=1S/C6H9NO2/c1-2-5-9-6(8)7-3-4-7/h2H,1,3-5H2. The number of nitrogens with zero attached hydrogens (tertiary/aromatic N) is 1. The van der Waals surface area contributed by atoms with Gasteiger partial charge in [-0.3, -0.25) is 0 Å². The third-order valence-corrected chi connectivity index (χ3v) is 1.03. The minimum absolute atomic E-state index is 0.227. The molecule has 1 rings (SSSR count). The fourth-order valence-corrected chi connectivity index (χ4v) is 0.454. The largest absolute Gasteiger partial charge is 0.445 e. The predicted octanol–water partition coefficient (Wildman–Crippen LogP) is 0.625. The summed E-state index contributed by atoms with van der Waals surface area (Å²) in [5.41, 5.74) is 0. The molecular weight excluding hydrogens is 118 g/mol. The average Bonchev–Trinajstić information content (AvgIpc) is 2.63. The monoisotopic (exact) mass is 127 g/mol. The molecular formula is C6H9NO2. The molecule has 0 bridgehead atoms. The van der Waals surface area contributed by atoms with Crippen molar-refractivity contribution in [3.63, 3.8) is 0 Å². The van der Waals surface area contributed by atoms with E-state index in [0.29, 0.717) is 6.61 Å². The molecule has 0 spiro atoms. The lowest BCUT2D eigenvalue weighted by Gasteiger charge is -1.99. The maximum absolute atomic E-state index is 10.6. The van der Waals surface area contributed by atoms with Gasteiger partial charge >= 0.3 is 6.09 Å². The molecule has 0 aliphatic carbocycles. The molecule has 3 heteroatoms. The summed E-state index contributed by atoms with van der Waals surface area (Å²) >= 11 is 0. The summed E-state index contributed by atoms with van der Waals surface area (Å²) in [4.78, 5) is 12.2. The quantitative estimate of drug-likeness (QED) is 0.402. The fourth-order valence-electron chi connectivity index (χ4n) is 0.454. The summed E-state index contributed by atoms with van der Waals surface area (Å²) in [6.07, 6.45) is 1.33. The van der Waals surface area contributed by atoms with Gasteiger partial charge in [0.15, 0.2) is 0 Å². The Balaban J connectivity index is 2.10. The van der Waals surface area contributed by atoms with Crippen LogP contribution in [-0.4, -0.2) is 30.7 Å². The second-order valence-electron chi connectivity index (χ2n) is 1.85. The Labute approximate surface area is 53.9 Å². The van der Waals surface area contributed by atoms with E-state index in [0.717, 1.165) is 13.1 Å². The van der Waals surface area contributed by atoms with Crippen LogP contribution in [0.25, 0.3) is 0 Å². The number of rotatable bonds is 2. The SMILES string of the molecule is C=CCOC(=O)N1CC1. The average molecular weight is 127 g/mol. The molecule has 1 amide bonds. The minimum Gasteiger partial charge on any atom is -0.445 e. The lowest BCUT2D eigenvalue weighted by molar-refractivity contribution is 0.143. The molecule has 3 nitrogen and oxygen atoms in total. The van der Waals surface area contributed by atoms with Crippen LogP contribution in [0.5, 0.6) is 0 Å². The van der Waals surface area contributed by atoms with Crippen molar-refractivity contribution < 1.29 is 9.53 Å². The van der Waals surface area contributed by atoms with Gasteiger partial charge in [-0.1, -0.05) is 12.7 Å². The van der Waals surface area contributed by atoms with Gasteiger partial charge in [0, 0.05) is 13.1 Å². The van der Waals surface area contributed by atoms with Crippen molar-refractivity contribution in [1.29, 1.82) is 0 Å². The van der Waals surface area contributed by atoms with E-state index in [1.807, 2.05) is 0 Å². The molecule has 1 saturated heterocycles. The van der Waals surface area contributed by atoms with Crippen LogP contribution in [0.1, 0.15) is 0 Å². The van der Waals surface area contributed by atoms with Gasteiger partial charge in [-0.05, 0) is 0 Å². The van der Waals surface area contributed by atoms with Crippen LogP contribution in [0.2, 0.25) is 0 Å². The zero-order valence-corrected chi connectivity index (χ0v) is 5.17. The molecule has 0 aromatic carbocycles. The number of hydrogen-bond acceptors (Lipinski definition) is 2. The highest BCUT2D eigenvalue weighted by atomic mass is 16.6. The van der Waals surface area contributed by atoms with Gasteiger partial charge in [0.05, 0.1) is 0 Å². The predicted molar refractivity (Wildman–Crippen MR) is 33.1 cm³/mol. The summed E-state index contributed by atoms with van der Waals surface area (Å²) in [5, 5.41) is 0. The Kier molecular flexibility index (Phi) is 1.72. The third-order valence-electron chi connectivity index (χ3n) is 1.03. The van der Waals surface area contributed by atoms with E-state index < -0.39 is 0 Å². The molecule has 0 N–H and O–H groups in total. The van der Waals surface area contributed by atoms with Gasteiger partial charge in [-0.25, -0.2) is 4.79 Å². The molecule has 0 atom stereocenters. The normalized spacial score (nSPS) is 14.9. The first-order valence-electron chi connectivity index (χ1n) is 2.87. The van der Waals surface area contributed by atoms with Gasteiger partial charge in [0.2, 0.25) is 0 Å². The fraction of sp³-hybridized carbons (Fsp3) is 0.500. The molecule has 9 heavy (non-hydrogen) atoms. The van der Waals surface area contributed by atoms with Crippen LogP contribution in [0, 0.1) is 0 Å². The number of carbonyl (C=O) groups is 1. The van der Waals surface area contributed by atoms with E-state index in [4.69, 9.17) is 0 Å². The summed E-state index contributed by atoms with van der Waals surface area (Å²) in [7, 11) is 0. The molecule has 1 fully saturated rings. The van der Waals surface area contributed by atoms with Gasteiger partial charge < -0.3 is 9.64 Å². The van der Waals surface area contributed by atoms with E-state index in [1.165, 1.54) is 0 Å². The van der Waals surface area contributed by atoms with Crippen LogP contribution in [0.4, 0.5) is 4.79 Å². The van der Waals surface area contributed by atoms with Crippen LogP contribution in [-0.2, 0) is 4.74 Å². The second-order valence-corrected chi connectivity index (χ2v) is 1.85. The topological polar surface area (TPSA) is 29.3 Å². The van der Waals surface area contributed by atoms with Crippen molar-refractivity contribution in [1.82, 2.24) is 4.90 Å². The van der Waals surface area contributed by atoms with Crippen LogP contribution in [0.15, 0.2) is 12.7 Å². The Bertz CT molecular complexity index is 129. The Morgan fingerprint density at radius 2 is 2.44 bits per heavy atom. The summed E-state index contributed by atoms with van der Waals surface area (Å²) < 4.78 is 4.68. The van der Waals surface area contributed by atoms with E-state index >= 15 is 0 Å². The van der Waals surface area contributed by atoms with Crippen molar-refractivity contribution in [2.75, 3.05) is 19.7 Å². The number of carbonyl (C=O) groups excluding carboxylic acids is 1. The Morgan fingerprint density at radius 1 is 1.78 bits per heavy atom. The Morgan fingerprint density at radius 3 is 2.89 bits per heavy atom. The third kappa shape index (κ3) is 1.76. The number of amides is 1. The van der Waals surface area contributed by atoms with Crippen LogP contribution < -0.4 is 0 Å². The highest BCUT2D eigenvalue weighted by Crippen LogP contribution is 2.04. The summed E-state index contributed by atoms with van der Waals surface area (Å²) in [6, 6.07) is 0. The number of hydrogen-bond donors (Lipinski definition) is 0. The van der Waals surface area contributed by atoms with Gasteiger partial charge in [0.25, 0.3) is 0 Å². The van der Waals surface area contributed by atoms with Crippen LogP contribution in [0.3, 0.4) is 0 Å². The molecule has 0 aromatic heterocycles. The van der Waals surface area contributed by atoms with E-state index in [9.17, 15) is 4.79 Å². The van der Waals surface area contributed by atoms with Gasteiger partial charge in [0.1, 0.15) is 6.61 Å². The highest BCUT2D eigenvalue weighted by Gasteiger charge is 2.24. The van der Waals surface area contributed by atoms with E-state index in [1.54, 1.807) is 11.0 Å². The first-order valence-corrected chi connectivity index (χ1v) is 2.87. The Hall–Kier alpha value is -0.990. The number of ether oxygens (including phenoxy) is 1. The minimum atomic E-state index is -0.227. The summed E-state index contributed by atoms with van der Waals surface area (Å²) in [6.45, 7) is 5.42. The van der Waals surface area contributed by atoms with Gasteiger partial charge in [-0.15, -0.1) is 0 Å². The molecule has 50 valence electrons.